The molecule has 0 unspecified atom stereocenters. The maximum atomic E-state index is 11.8. The normalized spacial score (nSPS) is 10.0. The average Bonchev–Trinajstić information content (AvgIpc) is 2.37. The fraction of sp³-hybridized carbons (Fsp3) is 0.357. The van der Waals surface area contributed by atoms with Crippen molar-refractivity contribution >= 4 is 21.7 Å². The number of ketones is 1. The summed E-state index contributed by atoms with van der Waals surface area (Å²) in [6.45, 7) is 4.69. The highest BCUT2D eigenvalue weighted by molar-refractivity contribution is 9.10. The Bertz CT molecular complexity index is 436. The Hall–Kier alpha value is -1.15. The topological polar surface area (TPSA) is 35.5 Å². The van der Waals surface area contributed by atoms with Gasteiger partial charge in [0.25, 0.3) is 0 Å². The van der Waals surface area contributed by atoms with Gasteiger partial charge in [0, 0.05) is 23.2 Å². The number of hydrogen-bond donors (Lipinski definition) is 0. The minimum Gasteiger partial charge on any atom is -0.342 e. The van der Waals surface area contributed by atoms with Gasteiger partial charge in [-0.15, -0.1) is 0 Å². The second-order valence-electron chi connectivity index (χ2n) is 3.35. The minimum absolute atomic E-state index is 0.244. The number of carbonyl (C=O) groups excluding carboxylic acids is 1. The molecule has 18 heavy (non-hydrogen) atoms. The van der Waals surface area contributed by atoms with Crippen molar-refractivity contribution in [2.75, 3.05) is 13.2 Å². The van der Waals surface area contributed by atoms with Gasteiger partial charge in [-0.25, -0.2) is 0 Å². The summed E-state index contributed by atoms with van der Waals surface area (Å²) < 4.78 is 11.4. The first-order chi connectivity index (χ1) is 8.67. The standard InChI is InChI=1S/C14H15BrO3/c1-3-17-14(18-4-2)10-9-13(16)11-5-7-12(15)8-6-11/h5-8,14H,3-4H2,1-2H3. The molecule has 96 valence electrons. The van der Waals surface area contributed by atoms with E-state index in [0.29, 0.717) is 18.8 Å². The highest BCUT2D eigenvalue weighted by atomic mass is 79.9. The molecule has 0 saturated heterocycles. The third-order valence-electron chi connectivity index (χ3n) is 2.05. The van der Waals surface area contributed by atoms with Crippen molar-refractivity contribution in [2.24, 2.45) is 0 Å². The summed E-state index contributed by atoms with van der Waals surface area (Å²) in [6, 6.07) is 7.05. The molecule has 4 heteroatoms. The van der Waals surface area contributed by atoms with Crippen molar-refractivity contribution in [3.05, 3.63) is 34.3 Å². The molecule has 0 atom stereocenters. The molecule has 0 amide bonds. The predicted octanol–water partition coefficient (Wildman–Crippen LogP) is 3.03. The molecule has 0 heterocycles. The monoisotopic (exact) mass is 310 g/mol. The van der Waals surface area contributed by atoms with Crippen molar-refractivity contribution in [3.8, 4) is 11.8 Å². The molecular weight excluding hydrogens is 296 g/mol. The van der Waals surface area contributed by atoms with Crippen LogP contribution in [-0.4, -0.2) is 25.3 Å². The first-order valence-corrected chi connectivity index (χ1v) is 6.51. The van der Waals surface area contributed by atoms with E-state index in [1.165, 1.54) is 0 Å². The number of hydrogen-bond acceptors (Lipinski definition) is 3. The van der Waals surface area contributed by atoms with Crippen LogP contribution in [0, 0.1) is 11.8 Å². The van der Waals surface area contributed by atoms with Crippen LogP contribution in [0.25, 0.3) is 0 Å². The van der Waals surface area contributed by atoms with Gasteiger partial charge < -0.3 is 9.47 Å². The lowest BCUT2D eigenvalue weighted by atomic mass is 10.1. The van der Waals surface area contributed by atoms with Crippen LogP contribution in [0.5, 0.6) is 0 Å². The van der Waals surface area contributed by atoms with Crippen LogP contribution in [0.4, 0.5) is 0 Å². The van der Waals surface area contributed by atoms with Gasteiger partial charge in [0.15, 0.2) is 0 Å². The van der Waals surface area contributed by atoms with Crippen molar-refractivity contribution in [3.63, 3.8) is 0 Å². The van der Waals surface area contributed by atoms with Gasteiger partial charge in [-0.1, -0.05) is 15.9 Å². The van der Waals surface area contributed by atoms with E-state index in [-0.39, 0.29) is 5.78 Å². The Labute approximate surface area is 116 Å². The van der Waals surface area contributed by atoms with E-state index in [0.717, 1.165) is 4.47 Å². The Morgan fingerprint density at radius 2 is 1.78 bits per heavy atom. The quantitative estimate of drug-likeness (QED) is 0.363. The van der Waals surface area contributed by atoms with E-state index in [2.05, 4.69) is 27.8 Å². The smallest absolute Gasteiger partial charge is 0.236 e. The van der Waals surface area contributed by atoms with Gasteiger partial charge >= 0.3 is 0 Å². The molecule has 0 saturated carbocycles. The van der Waals surface area contributed by atoms with Crippen LogP contribution in [0.15, 0.2) is 28.7 Å². The van der Waals surface area contributed by atoms with E-state index < -0.39 is 6.29 Å². The third kappa shape index (κ3) is 5.01. The molecule has 0 spiro atoms. The molecule has 3 nitrogen and oxygen atoms in total. The van der Waals surface area contributed by atoms with E-state index in [9.17, 15) is 4.79 Å². The van der Waals surface area contributed by atoms with Crippen LogP contribution in [0.1, 0.15) is 24.2 Å². The Kier molecular flexibility index (Phi) is 6.66. The van der Waals surface area contributed by atoms with Crippen molar-refractivity contribution in [1.82, 2.24) is 0 Å². The van der Waals surface area contributed by atoms with Crippen LogP contribution in [-0.2, 0) is 9.47 Å². The van der Waals surface area contributed by atoms with Crippen LogP contribution in [0.2, 0.25) is 0 Å². The molecule has 0 aliphatic carbocycles. The second-order valence-corrected chi connectivity index (χ2v) is 4.26. The summed E-state index contributed by atoms with van der Waals surface area (Å²) in [6.07, 6.45) is -0.639. The largest absolute Gasteiger partial charge is 0.342 e. The summed E-state index contributed by atoms with van der Waals surface area (Å²) in [5, 5.41) is 0. The second kappa shape index (κ2) is 8.04. The molecule has 1 aromatic rings. The SMILES string of the molecule is CCOC(C#CC(=O)c1ccc(Br)cc1)OCC. The molecule has 0 aromatic heterocycles. The van der Waals surface area contributed by atoms with Crippen molar-refractivity contribution < 1.29 is 14.3 Å². The lowest BCUT2D eigenvalue weighted by Crippen LogP contribution is -2.15. The zero-order valence-corrected chi connectivity index (χ0v) is 12.0. The fourth-order valence-electron chi connectivity index (χ4n) is 1.23. The van der Waals surface area contributed by atoms with E-state index in [1.807, 2.05) is 13.8 Å². The van der Waals surface area contributed by atoms with E-state index in [4.69, 9.17) is 9.47 Å². The maximum Gasteiger partial charge on any atom is 0.236 e. The molecule has 0 radical (unpaired) electrons. The van der Waals surface area contributed by atoms with Gasteiger partial charge in [0.2, 0.25) is 12.1 Å². The molecule has 0 N–H and O–H groups in total. The molecule has 0 bridgehead atoms. The van der Waals surface area contributed by atoms with E-state index >= 15 is 0 Å². The van der Waals surface area contributed by atoms with Gasteiger partial charge in [0.05, 0.1) is 0 Å². The lowest BCUT2D eigenvalue weighted by Gasteiger charge is -2.09. The summed E-state index contributed by atoms with van der Waals surface area (Å²) in [5.41, 5.74) is 0.553. The van der Waals surface area contributed by atoms with Crippen LogP contribution in [0.3, 0.4) is 0 Å². The Balaban J connectivity index is 2.71. The number of halogens is 1. The van der Waals surface area contributed by atoms with Gasteiger partial charge in [-0.05, 0) is 50.0 Å². The summed E-state index contributed by atoms with van der Waals surface area (Å²) in [5.74, 6) is 4.97. The highest BCUT2D eigenvalue weighted by Crippen LogP contribution is 2.10. The summed E-state index contributed by atoms with van der Waals surface area (Å²) in [4.78, 5) is 11.8. The summed E-state index contributed by atoms with van der Waals surface area (Å²) in [7, 11) is 0. The Morgan fingerprint density at radius 3 is 2.28 bits per heavy atom. The number of ether oxygens (including phenoxy) is 2. The first kappa shape index (κ1) is 14.9. The molecule has 0 aliphatic rings. The van der Waals surface area contributed by atoms with E-state index in [1.54, 1.807) is 24.3 Å². The van der Waals surface area contributed by atoms with Gasteiger partial charge in [-0.2, -0.15) is 0 Å². The molecule has 0 fully saturated rings. The molecular formula is C14H15BrO3. The van der Waals surface area contributed by atoms with Crippen LogP contribution >= 0.6 is 15.9 Å². The molecule has 1 rings (SSSR count). The number of benzene rings is 1. The number of carbonyl (C=O) groups is 1. The zero-order valence-electron chi connectivity index (χ0n) is 10.4. The van der Waals surface area contributed by atoms with Crippen molar-refractivity contribution in [2.45, 2.75) is 20.1 Å². The predicted molar refractivity (Wildman–Crippen MR) is 73.3 cm³/mol. The minimum atomic E-state index is -0.639. The van der Waals surface area contributed by atoms with Crippen molar-refractivity contribution in [1.29, 1.82) is 0 Å². The van der Waals surface area contributed by atoms with Crippen LogP contribution < -0.4 is 0 Å². The number of Topliss-reactive ketones (excluding diaryl/α,β-unsaturated/α-hetero) is 1. The summed E-state index contributed by atoms with van der Waals surface area (Å²) >= 11 is 3.31. The number of rotatable bonds is 5. The highest BCUT2D eigenvalue weighted by Gasteiger charge is 2.05. The Morgan fingerprint density at radius 1 is 1.22 bits per heavy atom. The average molecular weight is 311 g/mol. The first-order valence-electron chi connectivity index (χ1n) is 5.72. The maximum absolute atomic E-state index is 11.8. The zero-order chi connectivity index (χ0) is 13.4. The van der Waals surface area contributed by atoms with Gasteiger partial charge in [-0.3, -0.25) is 4.79 Å². The molecule has 1 aromatic carbocycles. The van der Waals surface area contributed by atoms with Gasteiger partial charge in [0.1, 0.15) is 0 Å². The third-order valence-corrected chi connectivity index (χ3v) is 2.57. The molecule has 0 aliphatic heterocycles. The lowest BCUT2D eigenvalue weighted by molar-refractivity contribution is -0.0970. The fourth-order valence-corrected chi connectivity index (χ4v) is 1.50.